The first-order chi connectivity index (χ1) is 6.60. The molecule has 0 atom stereocenters. The van der Waals surface area contributed by atoms with Crippen molar-refractivity contribution in [3.8, 4) is 0 Å². The van der Waals surface area contributed by atoms with Gasteiger partial charge in [0.05, 0.1) is 12.3 Å². The van der Waals surface area contributed by atoms with Crippen LogP contribution in [0.2, 0.25) is 0 Å². The zero-order valence-corrected chi connectivity index (χ0v) is 9.32. The van der Waals surface area contributed by atoms with Crippen LogP contribution in [0.4, 0.5) is 8.78 Å². The molecule has 1 aromatic rings. The normalized spacial score (nSPS) is 11.0. The van der Waals surface area contributed by atoms with Gasteiger partial charge in [-0.1, -0.05) is 0 Å². The molecular weight excluding hydrogens is 279 g/mol. The summed E-state index contributed by atoms with van der Waals surface area (Å²) in [7, 11) is 0. The third-order valence-electron chi connectivity index (χ3n) is 1.70. The van der Waals surface area contributed by atoms with Crippen molar-refractivity contribution in [3.63, 3.8) is 0 Å². The molecular formula is C8H7BrClF2NO. The summed E-state index contributed by atoms with van der Waals surface area (Å²) in [4.78, 5) is 3.75. The minimum absolute atomic E-state index is 0.0339. The number of hydrogen-bond donors (Lipinski definition) is 1. The first-order valence-corrected chi connectivity index (χ1v) is 5.06. The summed E-state index contributed by atoms with van der Waals surface area (Å²) < 4.78 is 25.5. The fraction of sp³-hybridized carbons (Fsp3) is 0.375. The van der Waals surface area contributed by atoms with Crippen molar-refractivity contribution in [1.29, 1.82) is 0 Å². The van der Waals surface area contributed by atoms with Crippen LogP contribution in [0, 0.1) is 0 Å². The fourth-order valence-electron chi connectivity index (χ4n) is 1.13. The van der Waals surface area contributed by atoms with E-state index in [1.165, 1.54) is 6.07 Å². The highest BCUT2D eigenvalue weighted by Gasteiger charge is 2.19. The van der Waals surface area contributed by atoms with Crippen LogP contribution < -0.4 is 0 Å². The Kier molecular flexibility index (Phi) is 4.22. The topological polar surface area (TPSA) is 33.1 Å². The standard InChI is InChI=1S/C8H7BrClF2NO/c9-6-1-4(2-10)7(8(11)12)5(3-14)13-6/h1,8,14H,2-3H2. The molecule has 0 radical (unpaired) electrons. The molecule has 1 N–H and O–H groups in total. The number of halogens is 4. The molecule has 0 aromatic carbocycles. The van der Waals surface area contributed by atoms with Crippen molar-refractivity contribution in [2.45, 2.75) is 18.9 Å². The summed E-state index contributed by atoms with van der Waals surface area (Å²) in [6.45, 7) is -0.525. The smallest absolute Gasteiger partial charge is 0.266 e. The Morgan fingerprint density at radius 1 is 1.57 bits per heavy atom. The van der Waals surface area contributed by atoms with E-state index < -0.39 is 13.0 Å². The first-order valence-electron chi connectivity index (χ1n) is 3.73. The minimum Gasteiger partial charge on any atom is -0.390 e. The van der Waals surface area contributed by atoms with Gasteiger partial charge in [0.2, 0.25) is 0 Å². The van der Waals surface area contributed by atoms with Gasteiger partial charge < -0.3 is 5.11 Å². The molecule has 78 valence electrons. The highest BCUT2D eigenvalue weighted by Crippen LogP contribution is 2.29. The van der Waals surface area contributed by atoms with Gasteiger partial charge in [-0.3, -0.25) is 0 Å². The Morgan fingerprint density at radius 2 is 2.21 bits per heavy atom. The third kappa shape index (κ3) is 2.40. The maximum Gasteiger partial charge on any atom is 0.266 e. The van der Waals surface area contributed by atoms with Crippen molar-refractivity contribution >= 4 is 27.5 Å². The van der Waals surface area contributed by atoms with Crippen LogP contribution in [0.5, 0.6) is 0 Å². The van der Waals surface area contributed by atoms with Crippen LogP contribution in [0.3, 0.4) is 0 Å². The first kappa shape index (κ1) is 11.8. The molecule has 0 fully saturated rings. The van der Waals surface area contributed by atoms with Gasteiger partial charge in [0, 0.05) is 11.4 Å². The van der Waals surface area contributed by atoms with Crippen LogP contribution in [-0.4, -0.2) is 10.1 Å². The molecule has 1 aromatic heterocycles. The Hall–Kier alpha value is -0.260. The van der Waals surface area contributed by atoms with Crippen molar-refractivity contribution in [1.82, 2.24) is 4.98 Å². The van der Waals surface area contributed by atoms with Gasteiger partial charge in [-0.05, 0) is 27.6 Å². The lowest BCUT2D eigenvalue weighted by Crippen LogP contribution is -2.03. The number of aliphatic hydroxyl groups excluding tert-OH is 1. The molecule has 1 rings (SSSR count). The molecule has 0 saturated carbocycles. The summed E-state index contributed by atoms with van der Waals surface area (Å²) in [6.07, 6.45) is -2.67. The number of alkyl halides is 3. The highest BCUT2D eigenvalue weighted by atomic mass is 79.9. The van der Waals surface area contributed by atoms with E-state index in [4.69, 9.17) is 16.7 Å². The maximum absolute atomic E-state index is 12.6. The molecule has 0 bridgehead atoms. The Bertz CT molecular complexity index is 310. The van der Waals surface area contributed by atoms with E-state index in [2.05, 4.69) is 20.9 Å². The highest BCUT2D eigenvalue weighted by molar-refractivity contribution is 9.10. The average Bonchev–Trinajstić information content (AvgIpc) is 2.15. The third-order valence-corrected chi connectivity index (χ3v) is 2.40. The summed E-state index contributed by atoms with van der Waals surface area (Å²) in [5, 5.41) is 8.85. The van der Waals surface area contributed by atoms with Gasteiger partial charge in [-0.15, -0.1) is 11.6 Å². The summed E-state index contributed by atoms with van der Waals surface area (Å²) in [6, 6.07) is 1.42. The molecule has 0 saturated heterocycles. The van der Waals surface area contributed by atoms with Crippen LogP contribution >= 0.6 is 27.5 Å². The molecule has 6 heteroatoms. The molecule has 0 unspecified atom stereocenters. The van der Waals surface area contributed by atoms with Crippen LogP contribution in [0.25, 0.3) is 0 Å². The van der Waals surface area contributed by atoms with Gasteiger partial charge >= 0.3 is 0 Å². The fourth-order valence-corrected chi connectivity index (χ4v) is 1.84. The predicted molar refractivity (Wildman–Crippen MR) is 52.4 cm³/mol. The number of aliphatic hydroxyl groups is 1. The molecule has 0 aliphatic rings. The van der Waals surface area contributed by atoms with Gasteiger partial charge in [0.25, 0.3) is 6.43 Å². The molecule has 0 amide bonds. The quantitative estimate of drug-likeness (QED) is 0.684. The summed E-state index contributed by atoms with van der Waals surface area (Å²) in [5.74, 6) is -0.0339. The van der Waals surface area contributed by atoms with E-state index in [0.29, 0.717) is 4.60 Å². The average molecular weight is 287 g/mol. The zero-order valence-electron chi connectivity index (χ0n) is 6.98. The molecule has 1 heterocycles. The van der Waals surface area contributed by atoms with E-state index in [9.17, 15) is 8.78 Å². The maximum atomic E-state index is 12.6. The van der Waals surface area contributed by atoms with Crippen molar-refractivity contribution in [3.05, 3.63) is 27.5 Å². The number of pyridine rings is 1. The van der Waals surface area contributed by atoms with Gasteiger partial charge in [0.1, 0.15) is 4.60 Å². The van der Waals surface area contributed by atoms with E-state index in [-0.39, 0.29) is 22.7 Å². The summed E-state index contributed by atoms with van der Waals surface area (Å²) >= 11 is 8.57. The minimum atomic E-state index is -2.67. The number of rotatable bonds is 3. The van der Waals surface area contributed by atoms with E-state index in [1.54, 1.807) is 0 Å². The van der Waals surface area contributed by atoms with Gasteiger partial charge in [-0.2, -0.15) is 0 Å². The Balaban J connectivity index is 3.33. The lowest BCUT2D eigenvalue weighted by molar-refractivity contribution is 0.145. The van der Waals surface area contributed by atoms with E-state index in [0.717, 1.165) is 0 Å². The van der Waals surface area contributed by atoms with E-state index in [1.807, 2.05) is 0 Å². The van der Waals surface area contributed by atoms with Crippen LogP contribution in [-0.2, 0) is 12.5 Å². The number of hydrogen-bond acceptors (Lipinski definition) is 2. The Morgan fingerprint density at radius 3 is 2.64 bits per heavy atom. The Labute approximate surface area is 93.0 Å². The summed E-state index contributed by atoms with van der Waals surface area (Å²) in [5.41, 5.74) is -0.0247. The molecule has 0 spiro atoms. The van der Waals surface area contributed by atoms with Crippen molar-refractivity contribution in [2.24, 2.45) is 0 Å². The second kappa shape index (κ2) is 5.00. The van der Waals surface area contributed by atoms with Crippen molar-refractivity contribution < 1.29 is 13.9 Å². The second-order valence-corrected chi connectivity index (χ2v) is 3.64. The molecule has 0 aliphatic carbocycles. The molecule has 14 heavy (non-hydrogen) atoms. The lowest BCUT2D eigenvalue weighted by Gasteiger charge is -2.10. The lowest BCUT2D eigenvalue weighted by atomic mass is 10.1. The van der Waals surface area contributed by atoms with Gasteiger partial charge in [0.15, 0.2) is 0 Å². The van der Waals surface area contributed by atoms with Crippen LogP contribution in [0.1, 0.15) is 23.2 Å². The van der Waals surface area contributed by atoms with Gasteiger partial charge in [-0.25, -0.2) is 13.8 Å². The van der Waals surface area contributed by atoms with Crippen LogP contribution in [0.15, 0.2) is 10.7 Å². The predicted octanol–water partition coefficient (Wildman–Crippen LogP) is 3.01. The number of aromatic nitrogens is 1. The van der Waals surface area contributed by atoms with Crippen molar-refractivity contribution in [2.75, 3.05) is 0 Å². The monoisotopic (exact) mass is 285 g/mol. The zero-order chi connectivity index (χ0) is 10.7. The van der Waals surface area contributed by atoms with E-state index >= 15 is 0 Å². The second-order valence-electron chi connectivity index (χ2n) is 2.56. The number of nitrogens with zero attached hydrogens (tertiary/aromatic N) is 1. The molecule has 0 aliphatic heterocycles. The molecule has 2 nitrogen and oxygen atoms in total. The SMILES string of the molecule is OCc1nc(Br)cc(CCl)c1C(F)F. The largest absolute Gasteiger partial charge is 0.390 e.